The normalized spacial score (nSPS) is 12.6. The molecule has 0 aromatic heterocycles. The van der Waals surface area contributed by atoms with Crippen molar-refractivity contribution in [2.45, 2.75) is 45.6 Å². The summed E-state index contributed by atoms with van der Waals surface area (Å²) in [6, 6.07) is 0. The fraction of sp³-hybridized carbons (Fsp3) is 0.889. The Morgan fingerprint density at radius 2 is 2.17 bits per heavy atom. The smallest absolute Gasteiger partial charge is 0.306 e. The first-order valence-electron chi connectivity index (χ1n) is 4.54. The maximum absolute atomic E-state index is 11.0. The number of thiol groups is 1. The van der Waals surface area contributed by atoms with Gasteiger partial charge in [0.05, 0.1) is 6.42 Å². The van der Waals surface area contributed by atoms with Crippen LogP contribution in [0.4, 0.5) is 0 Å². The summed E-state index contributed by atoms with van der Waals surface area (Å²) in [6.07, 6.45) is 3.47. The summed E-state index contributed by atoms with van der Waals surface area (Å²) in [5.74, 6) is 0.451. The first-order chi connectivity index (χ1) is 5.74. The van der Waals surface area contributed by atoms with Gasteiger partial charge in [-0.05, 0) is 12.8 Å². The summed E-state index contributed by atoms with van der Waals surface area (Å²) in [5, 5.41) is 0. The van der Waals surface area contributed by atoms with Crippen LogP contribution in [0.15, 0.2) is 0 Å². The molecule has 0 aliphatic rings. The van der Waals surface area contributed by atoms with Crippen molar-refractivity contribution >= 4 is 18.6 Å². The number of carbonyl (C=O) groups excluding carboxylic acids is 1. The molecule has 1 unspecified atom stereocenters. The van der Waals surface area contributed by atoms with E-state index in [1.165, 1.54) is 0 Å². The highest BCUT2D eigenvalue weighted by atomic mass is 32.1. The number of esters is 1. The van der Waals surface area contributed by atoms with E-state index in [1.54, 1.807) is 0 Å². The Morgan fingerprint density at radius 1 is 1.50 bits per heavy atom. The van der Waals surface area contributed by atoms with E-state index in [0.717, 1.165) is 19.3 Å². The molecular weight excluding hydrogens is 172 g/mol. The van der Waals surface area contributed by atoms with Crippen molar-refractivity contribution in [2.75, 3.05) is 5.75 Å². The minimum atomic E-state index is -0.120. The number of hydrogen-bond donors (Lipinski definition) is 1. The number of ether oxygens (including phenoxy) is 1. The van der Waals surface area contributed by atoms with Crippen molar-refractivity contribution in [3.63, 3.8) is 0 Å². The lowest BCUT2D eigenvalue weighted by atomic mass is 10.1. The topological polar surface area (TPSA) is 26.3 Å². The van der Waals surface area contributed by atoms with Crippen molar-refractivity contribution in [1.29, 1.82) is 0 Å². The van der Waals surface area contributed by atoms with Crippen LogP contribution in [0.1, 0.15) is 39.5 Å². The van der Waals surface area contributed by atoms with Gasteiger partial charge in [-0.15, -0.1) is 0 Å². The molecule has 0 saturated carbocycles. The van der Waals surface area contributed by atoms with Gasteiger partial charge in [-0.25, -0.2) is 0 Å². The molecule has 72 valence electrons. The Labute approximate surface area is 80.1 Å². The Morgan fingerprint density at radius 3 is 2.58 bits per heavy atom. The monoisotopic (exact) mass is 190 g/mol. The van der Waals surface area contributed by atoms with Crippen LogP contribution in [0.3, 0.4) is 0 Å². The second kappa shape index (κ2) is 7.47. The molecule has 0 rings (SSSR count). The second-order valence-corrected chi connectivity index (χ2v) is 3.23. The Hall–Kier alpha value is -0.180. The molecule has 0 aromatic rings. The maximum atomic E-state index is 11.0. The second-order valence-electron chi connectivity index (χ2n) is 2.78. The average Bonchev–Trinajstić information content (AvgIpc) is 2.04. The molecule has 1 atom stereocenters. The molecule has 12 heavy (non-hydrogen) atoms. The van der Waals surface area contributed by atoms with Gasteiger partial charge < -0.3 is 4.74 Å². The van der Waals surface area contributed by atoms with Crippen molar-refractivity contribution in [3.8, 4) is 0 Å². The molecule has 0 amide bonds. The summed E-state index contributed by atoms with van der Waals surface area (Å²) in [6.45, 7) is 4.13. The summed E-state index contributed by atoms with van der Waals surface area (Å²) in [5.41, 5.74) is 0. The van der Waals surface area contributed by atoms with Crippen LogP contribution in [0.25, 0.3) is 0 Å². The summed E-state index contributed by atoms with van der Waals surface area (Å²) in [4.78, 5) is 11.0. The van der Waals surface area contributed by atoms with E-state index in [0.29, 0.717) is 12.2 Å². The van der Waals surface area contributed by atoms with Gasteiger partial charge in [0.1, 0.15) is 6.10 Å². The number of rotatable bonds is 6. The standard InChI is InChI=1S/C9H18O2S/c1-3-5-8(4-2)11-9(10)6-7-12/h8,12H,3-7H2,1-2H3. The number of carbonyl (C=O) groups is 1. The van der Waals surface area contributed by atoms with Gasteiger partial charge in [0.25, 0.3) is 0 Å². The molecule has 0 radical (unpaired) electrons. The molecule has 0 spiro atoms. The third-order valence-corrected chi connectivity index (χ3v) is 1.90. The lowest BCUT2D eigenvalue weighted by Gasteiger charge is -2.14. The minimum Gasteiger partial charge on any atom is -0.462 e. The first kappa shape index (κ1) is 11.8. The Bertz CT molecular complexity index is 126. The molecule has 0 bridgehead atoms. The zero-order valence-electron chi connectivity index (χ0n) is 7.88. The van der Waals surface area contributed by atoms with Crippen LogP contribution in [0.2, 0.25) is 0 Å². The lowest BCUT2D eigenvalue weighted by Crippen LogP contribution is -2.17. The van der Waals surface area contributed by atoms with E-state index in [1.807, 2.05) is 6.92 Å². The van der Waals surface area contributed by atoms with Gasteiger partial charge in [0, 0.05) is 5.75 Å². The molecule has 0 heterocycles. The summed E-state index contributed by atoms with van der Waals surface area (Å²) >= 11 is 3.96. The molecule has 0 aliphatic heterocycles. The third kappa shape index (κ3) is 5.47. The van der Waals surface area contributed by atoms with E-state index in [9.17, 15) is 4.79 Å². The van der Waals surface area contributed by atoms with Crippen LogP contribution in [0, 0.1) is 0 Å². The molecule has 2 nitrogen and oxygen atoms in total. The van der Waals surface area contributed by atoms with Gasteiger partial charge >= 0.3 is 5.97 Å². The van der Waals surface area contributed by atoms with E-state index >= 15 is 0 Å². The SMILES string of the molecule is CCCC(CC)OC(=O)CCS. The Kier molecular flexibility index (Phi) is 7.36. The molecule has 0 aliphatic carbocycles. The molecule has 0 fully saturated rings. The fourth-order valence-electron chi connectivity index (χ4n) is 1.00. The molecule has 0 aromatic carbocycles. The van der Waals surface area contributed by atoms with Crippen LogP contribution >= 0.6 is 12.6 Å². The average molecular weight is 190 g/mol. The maximum Gasteiger partial charge on any atom is 0.306 e. The van der Waals surface area contributed by atoms with E-state index in [-0.39, 0.29) is 12.1 Å². The van der Waals surface area contributed by atoms with E-state index in [2.05, 4.69) is 19.6 Å². The molecule has 0 saturated heterocycles. The van der Waals surface area contributed by atoms with Crippen molar-refractivity contribution in [3.05, 3.63) is 0 Å². The van der Waals surface area contributed by atoms with Crippen molar-refractivity contribution in [2.24, 2.45) is 0 Å². The highest BCUT2D eigenvalue weighted by Gasteiger charge is 2.09. The van der Waals surface area contributed by atoms with Gasteiger partial charge in [-0.3, -0.25) is 4.79 Å². The van der Waals surface area contributed by atoms with Crippen LogP contribution in [-0.2, 0) is 9.53 Å². The zero-order chi connectivity index (χ0) is 9.40. The highest BCUT2D eigenvalue weighted by Crippen LogP contribution is 2.07. The van der Waals surface area contributed by atoms with Crippen LogP contribution in [-0.4, -0.2) is 17.8 Å². The summed E-state index contributed by atoms with van der Waals surface area (Å²) < 4.78 is 5.19. The minimum absolute atomic E-state index is 0.113. The summed E-state index contributed by atoms with van der Waals surface area (Å²) in [7, 11) is 0. The highest BCUT2D eigenvalue weighted by molar-refractivity contribution is 7.80. The molecule has 0 N–H and O–H groups in total. The van der Waals surface area contributed by atoms with Gasteiger partial charge in [0.2, 0.25) is 0 Å². The lowest BCUT2D eigenvalue weighted by molar-refractivity contribution is -0.149. The first-order valence-corrected chi connectivity index (χ1v) is 5.18. The van der Waals surface area contributed by atoms with Crippen LogP contribution < -0.4 is 0 Å². The number of hydrogen-bond acceptors (Lipinski definition) is 3. The predicted octanol–water partition coefficient (Wildman–Crippen LogP) is 2.43. The van der Waals surface area contributed by atoms with E-state index in [4.69, 9.17) is 4.74 Å². The predicted molar refractivity (Wildman–Crippen MR) is 53.5 cm³/mol. The Balaban J connectivity index is 3.61. The quantitative estimate of drug-likeness (QED) is 0.514. The molecule has 3 heteroatoms. The fourth-order valence-corrected chi connectivity index (χ4v) is 1.19. The zero-order valence-corrected chi connectivity index (χ0v) is 8.77. The van der Waals surface area contributed by atoms with Crippen molar-refractivity contribution in [1.82, 2.24) is 0 Å². The van der Waals surface area contributed by atoms with Crippen molar-refractivity contribution < 1.29 is 9.53 Å². The van der Waals surface area contributed by atoms with E-state index < -0.39 is 0 Å². The largest absolute Gasteiger partial charge is 0.462 e. The van der Waals surface area contributed by atoms with Crippen LogP contribution in [0.5, 0.6) is 0 Å². The van der Waals surface area contributed by atoms with Gasteiger partial charge in [-0.2, -0.15) is 12.6 Å². The third-order valence-electron chi connectivity index (χ3n) is 1.68. The molecular formula is C9H18O2S. The van der Waals surface area contributed by atoms with Gasteiger partial charge in [0.15, 0.2) is 0 Å². The van der Waals surface area contributed by atoms with Gasteiger partial charge in [-0.1, -0.05) is 20.3 Å².